The van der Waals surface area contributed by atoms with Crippen molar-refractivity contribution in [3.63, 3.8) is 0 Å². The second-order valence-electron chi connectivity index (χ2n) is 5.99. The fraction of sp³-hybridized carbons (Fsp3) is 0.286. The van der Waals surface area contributed by atoms with E-state index >= 15 is 0 Å². The number of benzene rings is 2. The normalized spacial score (nSPS) is 10.0. The lowest BCUT2D eigenvalue weighted by Gasteiger charge is -2.22. The van der Waals surface area contributed by atoms with Crippen molar-refractivity contribution in [2.24, 2.45) is 0 Å². The van der Waals surface area contributed by atoms with Gasteiger partial charge in [0.25, 0.3) is 0 Å². The lowest BCUT2D eigenvalue weighted by atomic mass is 10.1. The minimum Gasteiger partial charge on any atom is -0.356 e. The molecule has 0 atom stereocenters. The van der Waals surface area contributed by atoms with Crippen LogP contribution in [0.15, 0.2) is 54.6 Å². The molecular weight excluding hydrogens is 326 g/mol. The molecule has 0 aliphatic heterocycles. The van der Waals surface area contributed by atoms with Crippen LogP contribution in [0, 0.1) is 11.3 Å². The Labute approximate surface area is 154 Å². The van der Waals surface area contributed by atoms with Crippen molar-refractivity contribution in [3.05, 3.63) is 65.7 Å². The number of aryl methyl sites for hydroxylation is 1. The minimum atomic E-state index is -0.190. The van der Waals surface area contributed by atoms with Crippen molar-refractivity contribution < 1.29 is 9.59 Å². The Balaban J connectivity index is 1.80. The molecule has 1 N–H and O–H groups in total. The van der Waals surface area contributed by atoms with E-state index in [1.54, 1.807) is 24.3 Å². The molecule has 0 radical (unpaired) electrons. The second-order valence-corrected chi connectivity index (χ2v) is 5.99. The summed E-state index contributed by atoms with van der Waals surface area (Å²) in [7, 11) is 0. The van der Waals surface area contributed by atoms with Gasteiger partial charge in [0.05, 0.1) is 11.3 Å². The molecule has 5 nitrogen and oxygen atoms in total. The molecule has 2 aromatic carbocycles. The molecule has 0 saturated heterocycles. The Morgan fingerprint density at radius 2 is 1.77 bits per heavy atom. The third kappa shape index (κ3) is 5.75. The van der Waals surface area contributed by atoms with Gasteiger partial charge in [-0.3, -0.25) is 9.59 Å². The Kier molecular flexibility index (Phi) is 7.38. The van der Waals surface area contributed by atoms with Gasteiger partial charge in [-0.25, -0.2) is 0 Å². The van der Waals surface area contributed by atoms with Crippen LogP contribution in [0.5, 0.6) is 0 Å². The van der Waals surface area contributed by atoms with Gasteiger partial charge in [0, 0.05) is 26.4 Å². The predicted octanol–water partition coefficient (Wildman–Crippen LogP) is 3.05. The Morgan fingerprint density at radius 3 is 2.46 bits per heavy atom. The number of para-hydroxylation sites is 1. The fourth-order valence-electron chi connectivity index (χ4n) is 2.72. The quantitative estimate of drug-likeness (QED) is 0.745. The zero-order chi connectivity index (χ0) is 18.8. The van der Waals surface area contributed by atoms with Crippen LogP contribution in [-0.2, 0) is 16.0 Å². The number of nitrogens with zero attached hydrogens (tertiary/aromatic N) is 2. The molecule has 0 aromatic heterocycles. The summed E-state index contributed by atoms with van der Waals surface area (Å²) >= 11 is 0. The number of carbonyl (C=O) groups is 2. The van der Waals surface area contributed by atoms with Crippen molar-refractivity contribution in [2.45, 2.75) is 26.2 Å². The number of nitriles is 1. The second kappa shape index (κ2) is 10.00. The van der Waals surface area contributed by atoms with Crippen LogP contribution in [0.25, 0.3) is 0 Å². The molecule has 5 heteroatoms. The van der Waals surface area contributed by atoms with E-state index in [0.29, 0.717) is 17.8 Å². The molecule has 0 aliphatic rings. The summed E-state index contributed by atoms with van der Waals surface area (Å²) in [6.45, 7) is 2.28. The van der Waals surface area contributed by atoms with Gasteiger partial charge in [-0.05, 0) is 30.5 Å². The van der Waals surface area contributed by atoms with E-state index in [4.69, 9.17) is 0 Å². The van der Waals surface area contributed by atoms with Gasteiger partial charge in [-0.2, -0.15) is 5.26 Å². The minimum absolute atomic E-state index is 0.0984. The van der Waals surface area contributed by atoms with Crippen LogP contribution in [0.2, 0.25) is 0 Å². The van der Waals surface area contributed by atoms with Gasteiger partial charge in [-0.1, -0.05) is 42.5 Å². The summed E-state index contributed by atoms with van der Waals surface area (Å²) < 4.78 is 0. The van der Waals surface area contributed by atoms with Crippen LogP contribution in [0.3, 0.4) is 0 Å². The highest BCUT2D eigenvalue weighted by atomic mass is 16.2. The van der Waals surface area contributed by atoms with Gasteiger partial charge < -0.3 is 10.2 Å². The van der Waals surface area contributed by atoms with Crippen LogP contribution in [-0.4, -0.2) is 24.9 Å². The van der Waals surface area contributed by atoms with E-state index in [1.807, 2.05) is 18.2 Å². The molecule has 0 aliphatic carbocycles. The van der Waals surface area contributed by atoms with E-state index in [1.165, 1.54) is 17.4 Å². The van der Waals surface area contributed by atoms with Crippen molar-refractivity contribution in [1.82, 2.24) is 5.32 Å². The lowest BCUT2D eigenvalue weighted by Crippen LogP contribution is -2.34. The molecule has 2 aromatic rings. The summed E-state index contributed by atoms with van der Waals surface area (Å²) in [4.78, 5) is 25.5. The smallest absolute Gasteiger partial charge is 0.223 e. The molecular formula is C21H23N3O2. The lowest BCUT2D eigenvalue weighted by molar-refractivity contribution is -0.121. The summed E-state index contributed by atoms with van der Waals surface area (Å²) in [6.07, 6.45) is 1.98. The molecule has 2 amide bonds. The van der Waals surface area contributed by atoms with Crippen molar-refractivity contribution in [2.75, 3.05) is 18.0 Å². The van der Waals surface area contributed by atoms with Crippen molar-refractivity contribution in [1.29, 1.82) is 5.26 Å². The Morgan fingerprint density at radius 1 is 1.08 bits per heavy atom. The molecule has 0 saturated carbocycles. The first-order valence-electron chi connectivity index (χ1n) is 8.69. The third-order valence-corrected chi connectivity index (χ3v) is 4.07. The van der Waals surface area contributed by atoms with Gasteiger partial charge in [0.1, 0.15) is 6.07 Å². The Hall–Kier alpha value is -3.13. The number of hydrogen-bond donors (Lipinski definition) is 1. The first kappa shape index (κ1) is 19.2. The van der Waals surface area contributed by atoms with Crippen molar-refractivity contribution in [3.8, 4) is 6.07 Å². The van der Waals surface area contributed by atoms with E-state index in [-0.39, 0.29) is 24.8 Å². The van der Waals surface area contributed by atoms with Gasteiger partial charge in [-0.15, -0.1) is 0 Å². The molecule has 0 spiro atoms. The standard InChI is InChI=1S/C21H23N3O2/c1-17(25)24(20-12-6-5-11-19(20)16-22)15-13-21(26)23-14-7-10-18-8-3-2-4-9-18/h2-6,8-9,11-12H,7,10,13-15H2,1H3,(H,23,26). The zero-order valence-corrected chi connectivity index (χ0v) is 14.9. The SMILES string of the molecule is CC(=O)N(CCC(=O)NCCCc1ccccc1)c1ccccc1C#N. The molecule has 0 fully saturated rings. The van der Waals surface area contributed by atoms with Gasteiger partial charge in [0.2, 0.25) is 11.8 Å². The maximum Gasteiger partial charge on any atom is 0.223 e. The summed E-state index contributed by atoms with van der Waals surface area (Å²) in [5.74, 6) is -0.289. The molecule has 0 heterocycles. The number of hydrogen-bond acceptors (Lipinski definition) is 3. The number of rotatable bonds is 8. The largest absolute Gasteiger partial charge is 0.356 e. The summed E-state index contributed by atoms with van der Waals surface area (Å²) in [6, 6.07) is 19.1. The molecule has 2 rings (SSSR count). The highest BCUT2D eigenvalue weighted by molar-refractivity contribution is 5.93. The molecule has 26 heavy (non-hydrogen) atoms. The van der Waals surface area contributed by atoms with Crippen LogP contribution in [0.1, 0.15) is 30.9 Å². The van der Waals surface area contributed by atoms with E-state index in [2.05, 4.69) is 23.5 Å². The Bertz CT molecular complexity index is 781. The zero-order valence-electron chi connectivity index (χ0n) is 14.9. The number of amides is 2. The summed E-state index contributed by atoms with van der Waals surface area (Å²) in [5.41, 5.74) is 2.21. The average molecular weight is 349 g/mol. The van der Waals surface area contributed by atoms with Crippen LogP contribution < -0.4 is 10.2 Å². The third-order valence-electron chi connectivity index (χ3n) is 4.07. The van der Waals surface area contributed by atoms with Crippen LogP contribution >= 0.6 is 0 Å². The van der Waals surface area contributed by atoms with E-state index in [9.17, 15) is 14.9 Å². The highest BCUT2D eigenvalue weighted by Gasteiger charge is 2.16. The predicted molar refractivity (Wildman–Crippen MR) is 102 cm³/mol. The maximum absolute atomic E-state index is 12.1. The first-order valence-corrected chi connectivity index (χ1v) is 8.69. The fourth-order valence-corrected chi connectivity index (χ4v) is 2.72. The number of carbonyl (C=O) groups excluding carboxylic acids is 2. The monoisotopic (exact) mass is 349 g/mol. The summed E-state index contributed by atoms with van der Waals surface area (Å²) in [5, 5.41) is 12.1. The number of anilines is 1. The van der Waals surface area contributed by atoms with Gasteiger partial charge >= 0.3 is 0 Å². The number of nitrogens with one attached hydrogen (secondary N) is 1. The van der Waals surface area contributed by atoms with Gasteiger partial charge in [0.15, 0.2) is 0 Å². The maximum atomic E-state index is 12.1. The molecule has 0 bridgehead atoms. The molecule has 0 unspecified atom stereocenters. The topological polar surface area (TPSA) is 73.2 Å². The molecule has 134 valence electrons. The van der Waals surface area contributed by atoms with Crippen LogP contribution in [0.4, 0.5) is 5.69 Å². The van der Waals surface area contributed by atoms with Crippen molar-refractivity contribution >= 4 is 17.5 Å². The van der Waals surface area contributed by atoms with E-state index < -0.39 is 0 Å². The average Bonchev–Trinajstić information content (AvgIpc) is 2.66. The highest BCUT2D eigenvalue weighted by Crippen LogP contribution is 2.20. The first-order chi connectivity index (χ1) is 12.6. The van der Waals surface area contributed by atoms with E-state index in [0.717, 1.165) is 12.8 Å².